The van der Waals surface area contributed by atoms with Crippen molar-refractivity contribution in [2.45, 2.75) is 40.5 Å². The number of hydrogen-bond acceptors (Lipinski definition) is 6. The van der Waals surface area contributed by atoms with Gasteiger partial charge in [0.25, 0.3) is 0 Å². The van der Waals surface area contributed by atoms with E-state index in [0.717, 1.165) is 19.4 Å². The second-order valence-corrected chi connectivity index (χ2v) is 4.74. The number of nitrogens with zero attached hydrogens (tertiary/aromatic N) is 1. The molecule has 0 unspecified atom stereocenters. The van der Waals surface area contributed by atoms with Gasteiger partial charge in [0.15, 0.2) is 5.82 Å². The van der Waals surface area contributed by atoms with Crippen LogP contribution in [-0.4, -0.2) is 30.6 Å². The number of anilines is 3. The van der Waals surface area contributed by atoms with E-state index in [2.05, 4.69) is 22.5 Å². The molecule has 1 aromatic heterocycles. The molecule has 1 aromatic rings. The maximum absolute atomic E-state index is 12.2. The SMILES string of the molecule is CCCCNc1c(N)c(NCC)nc(C)c1C(=O)OCC. The lowest BCUT2D eigenvalue weighted by Gasteiger charge is -2.18. The van der Waals surface area contributed by atoms with Crippen molar-refractivity contribution >= 4 is 23.2 Å². The summed E-state index contributed by atoms with van der Waals surface area (Å²) in [6.45, 7) is 9.44. The summed E-state index contributed by atoms with van der Waals surface area (Å²) in [6, 6.07) is 0. The Hall–Kier alpha value is -1.98. The first-order valence-corrected chi connectivity index (χ1v) is 7.51. The summed E-state index contributed by atoms with van der Waals surface area (Å²) >= 11 is 0. The number of esters is 1. The van der Waals surface area contributed by atoms with E-state index in [1.165, 1.54) is 0 Å². The molecule has 0 saturated heterocycles. The molecule has 118 valence electrons. The summed E-state index contributed by atoms with van der Waals surface area (Å²) < 4.78 is 5.12. The molecule has 4 N–H and O–H groups in total. The number of aryl methyl sites for hydroxylation is 1. The van der Waals surface area contributed by atoms with Crippen LogP contribution in [0.2, 0.25) is 0 Å². The maximum atomic E-state index is 12.2. The molecule has 0 amide bonds. The van der Waals surface area contributed by atoms with E-state index < -0.39 is 5.97 Å². The second-order valence-electron chi connectivity index (χ2n) is 4.74. The van der Waals surface area contributed by atoms with Gasteiger partial charge in [0.2, 0.25) is 0 Å². The number of nitrogen functional groups attached to an aromatic ring is 1. The van der Waals surface area contributed by atoms with Gasteiger partial charge < -0.3 is 21.1 Å². The fraction of sp³-hybridized carbons (Fsp3) is 0.600. The molecule has 0 fully saturated rings. The Balaban J connectivity index is 3.25. The van der Waals surface area contributed by atoms with Crippen LogP contribution < -0.4 is 16.4 Å². The first kappa shape index (κ1) is 17.1. The van der Waals surface area contributed by atoms with Crippen molar-refractivity contribution in [3.63, 3.8) is 0 Å². The van der Waals surface area contributed by atoms with Crippen LogP contribution in [0.25, 0.3) is 0 Å². The second kappa shape index (κ2) is 8.34. The molecule has 0 spiro atoms. The zero-order valence-electron chi connectivity index (χ0n) is 13.4. The number of carbonyl (C=O) groups is 1. The van der Waals surface area contributed by atoms with Crippen LogP contribution in [0.5, 0.6) is 0 Å². The van der Waals surface area contributed by atoms with Crippen molar-refractivity contribution in [3.05, 3.63) is 11.3 Å². The highest BCUT2D eigenvalue weighted by molar-refractivity contribution is 6.01. The van der Waals surface area contributed by atoms with Gasteiger partial charge in [-0.05, 0) is 27.2 Å². The van der Waals surface area contributed by atoms with E-state index in [4.69, 9.17) is 10.5 Å². The molecule has 0 aliphatic rings. The Morgan fingerprint density at radius 1 is 1.29 bits per heavy atom. The van der Waals surface area contributed by atoms with Crippen molar-refractivity contribution < 1.29 is 9.53 Å². The van der Waals surface area contributed by atoms with Crippen LogP contribution in [0.3, 0.4) is 0 Å². The minimum Gasteiger partial charge on any atom is -0.462 e. The van der Waals surface area contributed by atoms with Crippen molar-refractivity contribution in [2.24, 2.45) is 0 Å². The molecule has 0 aromatic carbocycles. The number of pyridine rings is 1. The molecule has 6 heteroatoms. The fourth-order valence-corrected chi connectivity index (χ4v) is 2.05. The highest BCUT2D eigenvalue weighted by atomic mass is 16.5. The topological polar surface area (TPSA) is 89.3 Å². The average Bonchev–Trinajstić information content (AvgIpc) is 2.44. The zero-order valence-corrected chi connectivity index (χ0v) is 13.4. The number of nitrogens with two attached hydrogens (primary N) is 1. The van der Waals surface area contributed by atoms with Crippen molar-refractivity contribution in [1.29, 1.82) is 0 Å². The molecule has 6 nitrogen and oxygen atoms in total. The summed E-state index contributed by atoms with van der Waals surface area (Å²) in [5.74, 6) is 0.207. The number of aromatic nitrogens is 1. The molecular formula is C15H26N4O2. The lowest BCUT2D eigenvalue weighted by atomic mass is 10.1. The summed E-state index contributed by atoms with van der Waals surface area (Å²) in [6.07, 6.45) is 2.06. The van der Waals surface area contributed by atoms with Gasteiger partial charge in [0, 0.05) is 13.1 Å². The van der Waals surface area contributed by atoms with E-state index in [0.29, 0.717) is 41.6 Å². The predicted molar refractivity (Wildman–Crippen MR) is 86.9 cm³/mol. The summed E-state index contributed by atoms with van der Waals surface area (Å²) in [5.41, 5.74) is 8.27. The van der Waals surface area contributed by atoms with E-state index >= 15 is 0 Å². The average molecular weight is 294 g/mol. The van der Waals surface area contributed by atoms with Crippen LogP contribution in [0, 0.1) is 6.92 Å². The Labute approximate surface area is 126 Å². The third-order valence-electron chi connectivity index (χ3n) is 3.07. The summed E-state index contributed by atoms with van der Waals surface area (Å²) in [5, 5.41) is 6.37. The van der Waals surface area contributed by atoms with E-state index in [1.807, 2.05) is 6.92 Å². The number of hydrogen-bond donors (Lipinski definition) is 3. The van der Waals surface area contributed by atoms with E-state index in [-0.39, 0.29) is 0 Å². The molecule has 1 heterocycles. The highest BCUT2D eigenvalue weighted by Crippen LogP contribution is 2.32. The zero-order chi connectivity index (χ0) is 15.8. The van der Waals surface area contributed by atoms with Gasteiger partial charge in [-0.1, -0.05) is 13.3 Å². The molecule has 0 bridgehead atoms. The van der Waals surface area contributed by atoms with Crippen molar-refractivity contribution in [1.82, 2.24) is 4.98 Å². The third-order valence-corrected chi connectivity index (χ3v) is 3.07. The largest absolute Gasteiger partial charge is 0.462 e. The Morgan fingerprint density at radius 3 is 2.57 bits per heavy atom. The van der Waals surface area contributed by atoms with Crippen molar-refractivity contribution in [2.75, 3.05) is 36.1 Å². The van der Waals surface area contributed by atoms with Crippen LogP contribution in [0.4, 0.5) is 17.2 Å². The van der Waals surface area contributed by atoms with Gasteiger partial charge >= 0.3 is 5.97 Å². The standard InChI is InChI=1S/C15H26N4O2/c1-5-8-9-18-13-11(15(20)21-7-3)10(4)19-14(12(13)16)17-6-2/h5-9,16H2,1-4H3,(H2,17,18,19). The van der Waals surface area contributed by atoms with E-state index in [9.17, 15) is 4.79 Å². The first-order chi connectivity index (χ1) is 10.1. The molecule has 0 saturated carbocycles. The Kier molecular flexibility index (Phi) is 6.78. The molecular weight excluding hydrogens is 268 g/mol. The number of nitrogens with one attached hydrogen (secondary N) is 2. The highest BCUT2D eigenvalue weighted by Gasteiger charge is 2.22. The van der Waals surface area contributed by atoms with E-state index in [1.54, 1.807) is 13.8 Å². The molecule has 0 aliphatic heterocycles. The fourth-order valence-electron chi connectivity index (χ4n) is 2.05. The monoisotopic (exact) mass is 294 g/mol. The number of carbonyl (C=O) groups excluding carboxylic acids is 1. The first-order valence-electron chi connectivity index (χ1n) is 7.51. The van der Waals surface area contributed by atoms with Gasteiger partial charge in [-0.2, -0.15) is 0 Å². The molecule has 0 radical (unpaired) electrons. The number of rotatable bonds is 8. The van der Waals surface area contributed by atoms with Gasteiger partial charge in [0.1, 0.15) is 5.56 Å². The molecule has 0 aliphatic carbocycles. The minimum absolute atomic E-state index is 0.321. The number of ether oxygens (including phenoxy) is 1. The lowest BCUT2D eigenvalue weighted by Crippen LogP contribution is -2.17. The molecule has 0 atom stereocenters. The van der Waals surface area contributed by atoms with Crippen LogP contribution in [-0.2, 0) is 4.74 Å². The molecule has 1 rings (SSSR count). The normalized spacial score (nSPS) is 10.3. The Bertz CT molecular complexity index is 489. The smallest absolute Gasteiger partial charge is 0.342 e. The van der Waals surface area contributed by atoms with Gasteiger partial charge in [-0.15, -0.1) is 0 Å². The van der Waals surface area contributed by atoms with Gasteiger partial charge in [-0.25, -0.2) is 9.78 Å². The van der Waals surface area contributed by atoms with Crippen LogP contribution in [0.15, 0.2) is 0 Å². The maximum Gasteiger partial charge on any atom is 0.342 e. The van der Waals surface area contributed by atoms with Crippen molar-refractivity contribution in [3.8, 4) is 0 Å². The van der Waals surface area contributed by atoms with Gasteiger partial charge in [-0.3, -0.25) is 0 Å². The minimum atomic E-state index is -0.392. The van der Waals surface area contributed by atoms with Crippen LogP contribution >= 0.6 is 0 Å². The summed E-state index contributed by atoms with van der Waals surface area (Å²) in [4.78, 5) is 16.5. The predicted octanol–water partition coefficient (Wildman–Crippen LogP) is 2.79. The summed E-state index contributed by atoms with van der Waals surface area (Å²) in [7, 11) is 0. The third kappa shape index (κ3) is 4.24. The lowest BCUT2D eigenvalue weighted by molar-refractivity contribution is 0.0526. The number of unbranched alkanes of at least 4 members (excludes halogenated alkanes) is 1. The van der Waals surface area contributed by atoms with Crippen LogP contribution in [0.1, 0.15) is 49.7 Å². The quantitative estimate of drug-likeness (QED) is 0.504. The molecule has 21 heavy (non-hydrogen) atoms. The Morgan fingerprint density at radius 2 is 2.00 bits per heavy atom. The van der Waals surface area contributed by atoms with Gasteiger partial charge in [0.05, 0.1) is 23.7 Å².